The van der Waals surface area contributed by atoms with Crippen molar-refractivity contribution in [2.45, 2.75) is 32.1 Å². The number of nitriles is 2. The van der Waals surface area contributed by atoms with Crippen molar-refractivity contribution in [1.29, 1.82) is 10.5 Å². The molecule has 1 saturated carbocycles. The summed E-state index contributed by atoms with van der Waals surface area (Å²) in [6, 6.07) is 4.33. The Morgan fingerprint density at radius 3 is 2.20 bits per heavy atom. The molecule has 1 rings (SSSR count). The van der Waals surface area contributed by atoms with E-state index in [-0.39, 0.29) is 5.41 Å². The van der Waals surface area contributed by atoms with E-state index >= 15 is 0 Å². The topological polar surface area (TPSA) is 47.6 Å². The van der Waals surface area contributed by atoms with E-state index in [9.17, 15) is 0 Å². The summed E-state index contributed by atoms with van der Waals surface area (Å²) in [4.78, 5) is 0. The minimum Gasteiger partial charge on any atom is -0.198 e. The van der Waals surface area contributed by atoms with E-state index in [1.54, 1.807) is 0 Å². The van der Waals surface area contributed by atoms with Gasteiger partial charge in [0.2, 0.25) is 0 Å². The zero-order valence-corrected chi connectivity index (χ0v) is 5.93. The first-order valence-corrected chi connectivity index (χ1v) is 3.61. The average Bonchev–Trinajstić information content (AvgIpc) is 2.39. The molecule has 0 heterocycles. The van der Waals surface area contributed by atoms with Crippen LogP contribution in [0.1, 0.15) is 32.1 Å². The van der Waals surface area contributed by atoms with Crippen LogP contribution in [0.25, 0.3) is 0 Å². The van der Waals surface area contributed by atoms with Crippen molar-refractivity contribution in [1.82, 2.24) is 0 Å². The Bertz CT molecular complexity index is 188. The van der Waals surface area contributed by atoms with Crippen LogP contribution in [0.15, 0.2) is 0 Å². The van der Waals surface area contributed by atoms with Gasteiger partial charge in [-0.3, -0.25) is 0 Å². The molecule has 1 fully saturated rings. The van der Waals surface area contributed by atoms with Gasteiger partial charge in [-0.25, -0.2) is 0 Å². The lowest BCUT2D eigenvalue weighted by atomic mass is 9.85. The molecule has 0 N–H and O–H groups in total. The number of hydrogen-bond acceptors (Lipinski definition) is 2. The summed E-state index contributed by atoms with van der Waals surface area (Å²) in [5.41, 5.74) is -0.269. The van der Waals surface area contributed by atoms with Crippen LogP contribution in [0.2, 0.25) is 0 Å². The van der Waals surface area contributed by atoms with Crippen LogP contribution >= 0.6 is 0 Å². The molecule has 0 bridgehead atoms. The van der Waals surface area contributed by atoms with Crippen LogP contribution in [0.5, 0.6) is 0 Å². The van der Waals surface area contributed by atoms with Gasteiger partial charge in [-0.2, -0.15) is 10.5 Å². The fraction of sp³-hybridized carbons (Fsp3) is 0.750. The van der Waals surface area contributed by atoms with Gasteiger partial charge in [0.05, 0.1) is 24.0 Å². The Morgan fingerprint density at radius 2 is 1.80 bits per heavy atom. The van der Waals surface area contributed by atoms with Gasteiger partial charge in [0.1, 0.15) is 0 Å². The van der Waals surface area contributed by atoms with Gasteiger partial charge in [-0.1, -0.05) is 12.8 Å². The summed E-state index contributed by atoms with van der Waals surface area (Å²) in [7, 11) is 0. The fourth-order valence-corrected chi connectivity index (χ4v) is 1.53. The van der Waals surface area contributed by atoms with Crippen molar-refractivity contribution in [3.8, 4) is 12.1 Å². The van der Waals surface area contributed by atoms with E-state index in [1.807, 2.05) is 0 Å². The van der Waals surface area contributed by atoms with E-state index in [1.165, 1.54) is 0 Å². The quantitative estimate of drug-likeness (QED) is 0.550. The van der Waals surface area contributed by atoms with Crippen LogP contribution in [0.3, 0.4) is 0 Å². The number of nitrogens with zero attached hydrogens (tertiary/aromatic N) is 2. The summed E-state index contributed by atoms with van der Waals surface area (Å²) >= 11 is 0. The third kappa shape index (κ3) is 1.11. The van der Waals surface area contributed by atoms with Crippen molar-refractivity contribution in [2.24, 2.45) is 5.41 Å². The standard InChI is InChI=1S/C8H10N2/c9-6-5-8(7-10)3-1-2-4-8/h1-5H2. The Morgan fingerprint density at radius 1 is 1.20 bits per heavy atom. The maximum Gasteiger partial charge on any atom is 0.0703 e. The summed E-state index contributed by atoms with van der Waals surface area (Å²) < 4.78 is 0. The lowest BCUT2D eigenvalue weighted by Gasteiger charge is -2.13. The lowest BCUT2D eigenvalue weighted by molar-refractivity contribution is 0.421. The second kappa shape index (κ2) is 2.71. The van der Waals surface area contributed by atoms with Gasteiger partial charge in [0, 0.05) is 0 Å². The summed E-state index contributed by atoms with van der Waals surface area (Å²) in [6.45, 7) is 0. The molecule has 1 aliphatic rings. The molecule has 52 valence electrons. The molecule has 0 aliphatic heterocycles. The number of rotatable bonds is 1. The molecule has 0 unspecified atom stereocenters. The Balaban J connectivity index is 2.62. The summed E-state index contributed by atoms with van der Waals surface area (Å²) in [5.74, 6) is 0. The number of hydrogen-bond donors (Lipinski definition) is 0. The van der Waals surface area contributed by atoms with Crippen molar-refractivity contribution < 1.29 is 0 Å². The van der Waals surface area contributed by atoms with Gasteiger partial charge >= 0.3 is 0 Å². The molecule has 0 spiro atoms. The summed E-state index contributed by atoms with van der Waals surface area (Å²) in [6.07, 6.45) is 4.52. The Hall–Kier alpha value is -1.02. The highest BCUT2D eigenvalue weighted by Gasteiger charge is 2.33. The van der Waals surface area contributed by atoms with Crippen LogP contribution in [0, 0.1) is 28.1 Å². The molecule has 0 saturated heterocycles. The van der Waals surface area contributed by atoms with E-state index in [0.717, 1.165) is 25.7 Å². The van der Waals surface area contributed by atoms with E-state index in [0.29, 0.717) is 6.42 Å². The summed E-state index contributed by atoms with van der Waals surface area (Å²) in [5, 5.41) is 17.2. The van der Waals surface area contributed by atoms with Gasteiger partial charge in [-0.05, 0) is 12.8 Å². The average molecular weight is 134 g/mol. The molecule has 0 aromatic carbocycles. The molecule has 0 atom stereocenters. The Labute approximate surface area is 61.1 Å². The smallest absolute Gasteiger partial charge is 0.0703 e. The Kier molecular flexibility index (Phi) is 1.92. The molecule has 2 heteroatoms. The first-order valence-electron chi connectivity index (χ1n) is 3.61. The normalized spacial score (nSPS) is 21.4. The molecular weight excluding hydrogens is 124 g/mol. The molecule has 1 aliphatic carbocycles. The lowest BCUT2D eigenvalue weighted by Crippen LogP contribution is -2.11. The zero-order valence-electron chi connectivity index (χ0n) is 5.93. The zero-order chi connectivity index (χ0) is 7.45. The largest absolute Gasteiger partial charge is 0.198 e. The minimum atomic E-state index is -0.269. The van der Waals surface area contributed by atoms with E-state index in [2.05, 4.69) is 12.1 Å². The van der Waals surface area contributed by atoms with Crippen LogP contribution in [-0.4, -0.2) is 0 Å². The molecule has 0 aromatic rings. The van der Waals surface area contributed by atoms with Gasteiger partial charge in [0.15, 0.2) is 0 Å². The predicted octanol–water partition coefficient (Wildman–Crippen LogP) is 1.98. The van der Waals surface area contributed by atoms with Crippen molar-refractivity contribution in [3.05, 3.63) is 0 Å². The van der Waals surface area contributed by atoms with Crippen molar-refractivity contribution >= 4 is 0 Å². The third-order valence-corrected chi connectivity index (χ3v) is 2.22. The van der Waals surface area contributed by atoms with Crippen molar-refractivity contribution in [2.75, 3.05) is 0 Å². The van der Waals surface area contributed by atoms with E-state index < -0.39 is 0 Å². The highest BCUT2D eigenvalue weighted by atomic mass is 14.4. The first-order chi connectivity index (χ1) is 4.83. The molecule has 2 nitrogen and oxygen atoms in total. The molecule has 0 radical (unpaired) electrons. The first kappa shape index (κ1) is 7.09. The fourth-order valence-electron chi connectivity index (χ4n) is 1.53. The highest BCUT2D eigenvalue weighted by molar-refractivity contribution is 5.05. The SMILES string of the molecule is N#CCC1(C#N)CCCC1. The van der Waals surface area contributed by atoms with E-state index in [4.69, 9.17) is 10.5 Å². The monoisotopic (exact) mass is 134 g/mol. The van der Waals surface area contributed by atoms with Gasteiger partial charge < -0.3 is 0 Å². The van der Waals surface area contributed by atoms with Crippen LogP contribution in [-0.2, 0) is 0 Å². The van der Waals surface area contributed by atoms with Gasteiger partial charge in [0.25, 0.3) is 0 Å². The van der Waals surface area contributed by atoms with Crippen molar-refractivity contribution in [3.63, 3.8) is 0 Å². The maximum absolute atomic E-state index is 8.75. The minimum absolute atomic E-state index is 0.269. The molecule has 10 heavy (non-hydrogen) atoms. The molecule has 0 amide bonds. The van der Waals surface area contributed by atoms with Crippen LogP contribution in [0.4, 0.5) is 0 Å². The maximum atomic E-state index is 8.75. The molecular formula is C8H10N2. The van der Waals surface area contributed by atoms with Gasteiger partial charge in [-0.15, -0.1) is 0 Å². The second-order valence-electron chi connectivity index (χ2n) is 2.93. The molecule has 0 aromatic heterocycles. The predicted molar refractivity (Wildman–Crippen MR) is 36.7 cm³/mol. The van der Waals surface area contributed by atoms with Crippen LogP contribution < -0.4 is 0 Å². The highest BCUT2D eigenvalue weighted by Crippen LogP contribution is 2.39. The third-order valence-electron chi connectivity index (χ3n) is 2.22. The second-order valence-corrected chi connectivity index (χ2v) is 2.93.